The summed E-state index contributed by atoms with van der Waals surface area (Å²) in [6, 6.07) is 5.68. The average molecular weight is 229 g/mol. The third kappa shape index (κ3) is 2.01. The van der Waals surface area contributed by atoms with E-state index in [1.807, 2.05) is 18.2 Å². The summed E-state index contributed by atoms with van der Waals surface area (Å²) in [4.78, 5) is 12.7. The third-order valence-corrected chi connectivity index (χ3v) is 2.98. The first-order valence-electron chi connectivity index (χ1n) is 3.94. The molecule has 0 amide bonds. The average Bonchev–Trinajstić information content (AvgIpc) is 2.62. The van der Waals surface area contributed by atoms with Gasteiger partial charge in [-0.05, 0) is 6.07 Å². The van der Waals surface area contributed by atoms with Gasteiger partial charge >= 0.3 is 8.25 Å². The Morgan fingerprint density at radius 3 is 3.21 bits per heavy atom. The second-order valence-electron chi connectivity index (χ2n) is 2.67. The first-order valence-corrected chi connectivity index (χ1v) is 6.08. The van der Waals surface area contributed by atoms with Crippen LogP contribution in [-0.2, 0) is 15.7 Å². The Kier molecular flexibility index (Phi) is 2.93. The molecule has 14 heavy (non-hydrogen) atoms. The lowest BCUT2D eigenvalue weighted by molar-refractivity contribution is 0.273. The molecule has 1 heterocycles. The fourth-order valence-corrected chi connectivity index (χ4v) is 2.20. The van der Waals surface area contributed by atoms with Crippen LogP contribution < -0.4 is 0 Å². The van der Waals surface area contributed by atoms with Crippen molar-refractivity contribution in [1.82, 2.24) is 4.98 Å². The van der Waals surface area contributed by atoms with Gasteiger partial charge in [0.25, 0.3) is 0 Å². The summed E-state index contributed by atoms with van der Waals surface area (Å²) in [5, 5.41) is 0. The first-order chi connectivity index (χ1) is 6.77. The second-order valence-corrected chi connectivity index (χ2v) is 4.38. The number of rotatable bonds is 3. The van der Waals surface area contributed by atoms with Crippen LogP contribution in [0.15, 0.2) is 23.7 Å². The molecule has 1 atom stereocenters. The highest BCUT2D eigenvalue weighted by Gasteiger charge is 2.04. The Labute approximate surface area is 85.1 Å². The molecule has 0 saturated heterocycles. The van der Waals surface area contributed by atoms with Gasteiger partial charge in [0.05, 0.1) is 22.3 Å². The van der Waals surface area contributed by atoms with Crippen molar-refractivity contribution >= 4 is 29.8 Å². The van der Waals surface area contributed by atoms with E-state index in [4.69, 9.17) is 4.89 Å². The monoisotopic (exact) mass is 229 g/mol. The molecule has 0 bridgehead atoms. The van der Waals surface area contributed by atoms with Gasteiger partial charge in [-0.15, -0.1) is 11.3 Å². The highest BCUT2D eigenvalue weighted by atomic mass is 32.1. The zero-order chi connectivity index (χ0) is 9.97. The number of fused-ring (bicyclic) bond motifs is 1. The van der Waals surface area contributed by atoms with Crippen LogP contribution in [-0.4, -0.2) is 9.88 Å². The van der Waals surface area contributed by atoms with Gasteiger partial charge in [0, 0.05) is 5.56 Å². The maximum absolute atomic E-state index is 10.4. The van der Waals surface area contributed by atoms with Crippen LogP contribution in [0.1, 0.15) is 5.56 Å². The summed E-state index contributed by atoms with van der Waals surface area (Å²) in [7, 11) is -2.86. The molecular weight excluding hydrogens is 221 g/mol. The summed E-state index contributed by atoms with van der Waals surface area (Å²) in [5.74, 6) is 0. The molecule has 2 aromatic rings. The minimum absolute atomic E-state index is 0.134. The number of aromatic nitrogens is 1. The van der Waals surface area contributed by atoms with E-state index in [2.05, 4.69) is 9.51 Å². The van der Waals surface area contributed by atoms with Crippen molar-refractivity contribution in [2.24, 2.45) is 0 Å². The van der Waals surface area contributed by atoms with Crippen molar-refractivity contribution in [1.29, 1.82) is 0 Å². The van der Waals surface area contributed by atoms with Crippen LogP contribution in [0.2, 0.25) is 0 Å². The molecule has 6 heteroatoms. The number of benzene rings is 1. The van der Waals surface area contributed by atoms with E-state index in [-0.39, 0.29) is 6.61 Å². The summed E-state index contributed by atoms with van der Waals surface area (Å²) in [5.41, 5.74) is 3.44. The summed E-state index contributed by atoms with van der Waals surface area (Å²) < 4.78 is 16.1. The largest absolute Gasteiger partial charge is 0.326 e. The van der Waals surface area contributed by atoms with E-state index in [1.54, 1.807) is 5.51 Å². The van der Waals surface area contributed by atoms with E-state index in [0.717, 1.165) is 15.8 Å². The minimum Gasteiger partial charge on any atom is -0.326 e. The Hall–Kier alpha value is -0.740. The molecule has 0 aliphatic rings. The summed E-state index contributed by atoms with van der Waals surface area (Å²) in [6.45, 7) is 0.134. The lowest BCUT2D eigenvalue weighted by atomic mass is 10.2. The maximum Gasteiger partial charge on any atom is 0.316 e. The number of hydrogen-bond donors (Lipinski definition) is 1. The third-order valence-electron chi connectivity index (χ3n) is 1.80. The number of para-hydroxylation sites is 1. The highest BCUT2D eigenvalue weighted by molar-refractivity contribution is 7.32. The molecule has 0 aliphatic carbocycles. The number of thiazole rings is 1. The fraction of sp³-hybridized carbons (Fsp3) is 0.125. The number of hydrogen-bond acceptors (Lipinski definition) is 4. The molecular formula is C8H8NO3PS. The quantitative estimate of drug-likeness (QED) is 0.819. The van der Waals surface area contributed by atoms with Crippen molar-refractivity contribution in [3.05, 3.63) is 29.3 Å². The lowest BCUT2D eigenvalue weighted by Gasteiger charge is -2.00. The van der Waals surface area contributed by atoms with Gasteiger partial charge in [0.2, 0.25) is 0 Å². The van der Waals surface area contributed by atoms with Gasteiger partial charge in [0.1, 0.15) is 0 Å². The Bertz CT molecular complexity index is 470. The van der Waals surface area contributed by atoms with E-state index >= 15 is 0 Å². The SMILES string of the molecule is O=[PH](O)OCc1cccc2scnc12. The van der Waals surface area contributed by atoms with Crippen molar-refractivity contribution in [2.75, 3.05) is 0 Å². The Morgan fingerprint density at radius 1 is 1.57 bits per heavy atom. The molecule has 0 fully saturated rings. The van der Waals surface area contributed by atoms with Gasteiger partial charge < -0.3 is 9.42 Å². The van der Waals surface area contributed by atoms with Crippen molar-refractivity contribution < 1.29 is 14.0 Å². The van der Waals surface area contributed by atoms with Gasteiger partial charge in [-0.25, -0.2) is 4.98 Å². The van der Waals surface area contributed by atoms with Crippen LogP contribution in [0.25, 0.3) is 10.2 Å². The van der Waals surface area contributed by atoms with Crippen LogP contribution >= 0.6 is 19.6 Å². The van der Waals surface area contributed by atoms with Gasteiger partial charge in [-0.3, -0.25) is 4.57 Å². The Morgan fingerprint density at radius 2 is 2.43 bits per heavy atom. The van der Waals surface area contributed by atoms with Gasteiger partial charge in [-0.1, -0.05) is 12.1 Å². The molecule has 2 rings (SSSR count). The normalized spacial score (nSPS) is 13.2. The molecule has 1 aromatic heterocycles. The molecule has 1 unspecified atom stereocenters. The van der Waals surface area contributed by atoms with Crippen LogP contribution in [0.5, 0.6) is 0 Å². The standard InChI is InChI=1S/C8H8NO3PS/c10-13(11)12-4-6-2-1-3-7-8(6)9-5-14-7/h1-3,5,13H,4H2,(H,10,11). The molecule has 0 radical (unpaired) electrons. The summed E-state index contributed by atoms with van der Waals surface area (Å²) >= 11 is 1.54. The molecule has 4 nitrogen and oxygen atoms in total. The van der Waals surface area contributed by atoms with Gasteiger partial charge in [0.15, 0.2) is 0 Å². The van der Waals surface area contributed by atoms with E-state index in [9.17, 15) is 4.57 Å². The molecule has 1 aromatic carbocycles. The van der Waals surface area contributed by atoms with Crippen molar-refractivity contribution in [3.8, 4) is 0 Å². The van der Waals surface area contributed by atoms with Crippen LogP contribution in [0.3, 0.4) is 0 Å². The van der Waals surface area contributed by atoms with Crippen LogP contribution in [0.4, 0.5) is 0 Å². The molecule has 1 N–H and O–H groups in total. The molecule has 0 spiro atoms. The van der Waals surface area contributed by atoms with E-state index in [1.165, 1.54) is 11.3 Å². The Balaban J connectivity index is 2.32. The molecule has 0 aliphatic heterocycles. The predicted molar refractivity (Wildman–Crippen MR) is 55.6 cm³/mol. The predicted octanol–water partition coefficient (Wildman–Crippen LogP) is 2.19. The zero-order valence-electron chi connectivity index (χ0n) is 7.14. The second kappa shape index (κ2) is 4.19. The smallest absolute Gasteiger partial charge is 0.316 e. The zero-order valence-corrected chi connectivity index (χ0v) is 8.95. The molecule has 74 valence electrons. The highest BCUT2D eigenvalue weighted by Crippen LogP contribution is 2.24. The maximum atomic E-state index is 10.4. The van der Waals surface area contributed by atoms with E-state index in [0.29, 0.717) is 0 Å². The van der Waals surface area contributed by atoms with Crippen molar-refractivity contribution in [2.45, 2.75) is 6.61 Å². The van der Waals surface area contributed by atoms with Crippen LogP contribution in [0, 0.1) is 0 Å². The molecule has 0 saturated carbocycles. The number of nitrogens with zero attached hydrogens (tertiary/aromatic N) is 1. The van der Waals surface area contributed by atoms with Gasteiger partial charge in [-0.2, -0.15) is 0 Å². The lowest BCUT2D eigenvalue weighted by Crippen LogP contribution is -1.87. The first kappa shape index (κ1) is 9.80. The minimum atomic E-state index is -2.86. The summed E-state index contributed by atoms with van der Waals surface area (Å²) in [6.07, 6.45) is 0. The van der Waals surface area contributed by atoms with Crippen molar-refractivity contribution in [3.63, 3.8) is 0 Å². The topological polar surface area (TPSA) is 59.4 Å². The fourth-order valence-electron chi connectivity index (χ4n) is 1.20. The van der Waals surface area contributed by atoms with E-state index < -0.39 is 8.25 Å².